The fourth-order valence-corrected chi connectivity index (χ4v) is 3.13. The molecule has 0 saturated carbocycles. The Balaban J connectivity index is 2.24. The zero-order valence-electron chi connectivity index (χ0n) is 13.0. The summed E-state index contributed by atoms with van der Waals surface area (Å²) in [5, 5.41) is 29.2. The Morgan fingerprint density at radius 2 is 1.79 bits per heavy atom. The summed E-state index contributed by atoms with van der Waals surface area (Å²) in [5.41, 5.74) is 2.54. The lowest BCUT2D eigenvalue weighted by Gasteiger charge is -2.08. The van der Waals surface area contributed by atoms with Crippen molar-refractivity contribution in [3.05, 3.63) is 47.3 Å². The quantitative estimate of drug-likeness (QED) is 0.596. The molecule has 4 N–H and O–H groups in total. The lowest BCUT2D eigenvalue weighted by atomic mass is 10.1. The lowest BCUT2D eigenvalue weighted by molar-refractivity contribution is -0.0414. The van der Waals surface area contributed by atoms with Crippen LogP contribution >= 0.6 is 0 Å². The zero-order valence-corrected chi connectivity index (χ0v) is 13.8. The molecular weight excluding hydrogens is 332 g/mol. The van der Waals surface area contributed by atoms with Crippen LogP contribution in [0.5, 0.6) is 0 Å². The van der Waals surface area contributed by atoms with Gasteiger partial charge in [0.15, 0.2) is 11.9 Å². The van der Waals surface area contributed by atoms with E-state index in [1.54, 1.807) is 32.0 Å². The van der Waals surface area contributed by atoms with Gasteiger partial charge in [-0.1, -0.05) is 0 Å². The zero-order chi connectivity index (χ0) is 17.6. The number of sulfonamides is 1. The van der Waals surface area contributed by atoms with Crippen molar-refractivity contribution in [3.63, 3.8) is 0 Å². The Labute approximate surface area is 138 Å². The average molecular weight is 348 g/mol. The van der Waals surface area contributed by atoms with Crippen LogP contribution in [0.4, 0.5) is 0 Å². The maximum atomic E-state index is 11.3. The third-order valence-corrected chi connectivity index (χ3v) is 4.59. The van der Waals surface area contributed by atoms with Gasteiger partial charge < -0.3 is 10.2 Å². The minimum absolute atomic E-state index is 0.00459. The maximum absolute atomic E-state index is 11.3. The van der Waals surface area contributed by atoms with Crippen LogP contribution < -0.4 is 5.14 Å². The molecule has 0 aliphatic heterocycles. The van der Waals surface area contributed by atoms with Gasteiger partial charge in [-0.05, 0) is 44.2 Å². The Kier molecular flexibility index (Phi) is 3.88. The number of hydrogen-bond acceptors (Lipinski definition) is 6. The van der Waals surface area contributed by atoms with Crippen molar-refractivity contribution in [2.75, 3.05) is 0 Å². The third kappa shape index (κ3) is 2.78. The van der Waals surface area contributed by atoms with Crippen molar-refractivity contribution < 1.29 is 18.6 Å². The van der Waals surface area contributed by atoms with E-state index in [4.69, 9.17) is 5.14 Å². The number of pyridine rings is 1. The summed E-state index contributed by atoms with van der Waals surface area (Å²) in [7, 11) is -3.78. The molecule has 1 aromatic carbocycles. The highest BCUT2D eigenvalue weighted by Gasteiger charge is 2.18. The monoisotopic (exact) mass is 348 g/mol. The number of aliphatic hydroxyl groups excluding tert-OH is 1. The van der Waals surface area contributed by atoms with Crippen molar-refractivity contribution in [1.82, 2.24) is 14.8 Å². The van der Waals surface area contributed by atoms with Gasteiger partial charge in [0.1, 0.15) is 0 Å². The third-order valence-electron chi connectivity index (χ3n) is 3.66. The highest BCUT2D eigenvalue weighted by molar-refractivity contribution is 7.89. The van der Waals surface area contributed by atoms with E-state index in [9.17, 15) is 18.6 Å². The Bertz CT molecular complexity index is 1020. The van der Waals surface area contributed by atoms with Crippen molar-refractivity contribution in [2.24, 2.45) is 5.14 Å². The van der Waals surface area contributed by atoms with Crippen LogP contribution in [0, 0.1) is 13.8 Å². The molecule has 0 fully saturated rings. The van der Waals surface area contributed by atoms with Gasteiger partial charge in [0.05, 0.1) is 21.7 Å². The predicted molar refractivity (Wildman–Crippen MR) is 86.9 cm³/mol. The molecule has 0 atom stereocenters. The van der Waals surface area contributed by atoms with Gasteiger partial charge in [-0.2, -0.15) is 5.10 Å². The van der Waals surface area contributed by atoms with Gasteiger partial charge in [-0.3, -0.25) is 0 Å². The van der Waals surface area contributed by atoms with Crippen molar-refractivity contribution in [1.29, 1.82) is 0 Å². The molecule has 24 heavy (non-hydrogen) atoms. The summed E-state index contributed by atoms with van der Waals surface area (Å²) in [6.45, 7) is 3.47. The van der Waals surface area contributed by atoms with Crippen molar-refractivity contribution in [3.8, 4) is 5.69 Å². The van der Waals surface area contributed by atoms with Gasteiger partial charge in [0.25, 0.3) is 0 Å². The minimum Gasteiger partial charge on any atom is -0.364 e. The second kappa shape index (κ2) is 5.64. The Morgan fingerprint density at radius 3 is 2.33 bits per heavy atom. The van der Waals surface area contributed by atoms with Crippen LogP contribution in [-0.4, -0.2) is 33.4 Å². The van der Waals surface area contributed by atoms with Crippen LogP contribution in [0.15, 0.2) is 35.2 Å². The molecule has 2 aromatic heterocycles. The van der Waals surface area contributed by atoms with E-state index in [0.29, 0.717) is 33.7 Å². The van der Waals surface area contributed by atoms with Gasteiger partial charge >= 0.3 is 0 Å². The molecule has 8 nitrogen and oxygen atoms in total. The lowest BCUT2D eigenvalue weighted by Crippen LogP contribution is -2.12. The summed E-state index contributed by atoms with van der Waals surface area (Å²) >= 11 is 0. The number of nitrogens with zero attached hydrogens (tertiary/aromatic N) is 3. The van der Waals surface area contributed by atoms with E-state index in [1.165, 1.54) is 16.8 Å². The molecule has 0 spiro atoms. The highest BCUT2D eigenvalue weighted by Crippen LogP contribution is 2.28. The number of hydrogen-bond donors (Lipinski definition) is 3. The number of aromatic nitrogens is 3. The van der Waals surface area contributed by atoms with E-state index in [1.807, 2.05) is 0 Å². The van der Waals surface area contributed by atoms with Crippen LogP contribution in [-0.2, 0) is 10.0 Å². The first kappa shape index (κ1) is 16.5. The van der Waals surface area contributed by atoms with Crippen LogP contribution in [0.25, 0.3) is 16.7 Å². The molecule has 0 radical (unpaired) electrons. The molecule has 3 rings (SSSR count). The number of rotatable bonds is 3. The predicted octanol–water partition coefficient (Wildman–Crippen LogP) is 0.668. The largest absolute Gasteiger partial charge is 0.364 e. The first-order valence-corrected chi connectivity index (χ1v) is 8.59. The molecule has 0 aliphatic carbocycles. The summed E-state index contributed by atoms with van der Waals surface area (Å²) < 4.78 is 24.2. The van der Waals surface area contributed by atoms with E-state index in [2.05, 4.69) is 10.1 Å². The van der Waals surface area contributed by atoms with Crippen molar-refractivity contribution >= 4 is 21.1 Å². The van der Waals surface area contributed by atoms with Gasteiger partial charge in [0.2, 0.25) is 10.0 Å². The smallest absolute Gasteiger partial charge is 0.238 e. The second-order valence-corrected chi connectivity index (χ2v) is 7.02. The van der Waals surface area contributed by atoms with Gasteiger partial charge in [-0.15, -0.1) is 0 Å². The molecule has 0 saturated heterocycles. The molecule has 0 aliphatic rings. The summed E-state index contributed by atoms with van der Waals surface area (Å²) in [6, 6.07) is 7.47. The fraction of sp³-hybridized carbons (Fsp3) is 0.200. The highest BCUT2D eigenvalue weighted by atomic mass is 32.2. The summed E-state index contributed by atoms with van der Waals surface area (Å²) in [4.78, 5) is 4.42. The standard InChI is InChI=1S/C15H16N4O4S/c1-8-7-12(15(20)21)13-9(2)18-19(14(13)17-8)10-3-5-11(6-4-10)24(16,22)23/h3-7,15,20-21H,1-2H3,(H2,16,22,23). The second-order valence-electron chi connectivity index (χ2n) is 5.46. The molecule has 3 aromatic rings. The molecule has 9 heteroatoms. The van der Waals surface area contributed by atoms with E-state index in [-0.39, 0.29) is 4.90 Å². The number of aryl methyl sites for hydroxylation is 2. The number of aliphatic hydroxyl groups is 2. The first-order chi connectivity index (χ1) is 11.2. The molecule has 126 valence electrons. The number of primary sulfonamides is 1. The van der Waals surface area contributed by atoms with Crippen LogP contribution in [0.2, 0.25) is 0 Å². The Hall–Kier alpha value is -2.33. The minimum atomic E-state index is -3.78. The molecular formula is C15H16N4O4S. The maximum Gasteiger partial charge on any atom is 0.238 e. The van der Waals surface area contributed by atoms with Crippen LogP contribution in [0.3, 0.4) is 0 Å². The summed E-state index contributed by atoms with van der Waals surface area (Å²) in [5.74, 6) is 0. The number of benzene rings is 1. The normalized spacial score (nSPS) is 12.2. The SMILES string of the molecule is Cc1cc(C(O)O)c2c(C)nn(-c3ccc(S(N)(=O)=O)cc3)c2n1. The molecule has 2 heterocycles. The van der Waals surface area contributed by atoms with Crippen LogP contribution in [0.1, 0.15) is 23.2 Å². The Morgan fingerprint density at radius 1 is 1.17 bits per heavy atom. The van der Waals surface area contributed by atoms with Gasteiger partial charge in [0, 0.05) is 11.3 Å². The number of nitrogens with two attached hydrogens (primary N) is 1. The van der Waals surface area contributed by atoms with Gasteiger partial charge in [-0.25, -0.2) is 23.2 Å². The fourth-order valence-electron chi connectivity index (χ4n) is 2.61. The first-order valence-electron chi connectivity index (χ1n) is 7.04. The summed E-state index contributed by atoms with van der Waals surface area (Å²) in [6.07, 6.45) is -1.64. The van der Waals surface area contributed by atoms with E-state index >= 15 is 0 Å². The molecule has 0 bridgehead atoms. The average Bonchev–Trinajstić information content (AvgIpc) is 2.82. The van der Waals surface area contributed by atoms with E-state index < -0.39 is 16.3 Å². The molecule has 0 unspecified atom stereocenters. The molecule has 0 amide bonds. The topological polar surface area (TPSA) is 131 Å². The van der Waals surface area contributed by atoms with E-state index in [0.717, 1.165) is 0 Å². The van der Waals surface area contributed by atoms with Crippen molar-refractivity contribution in [2.45, 2.75) is 25.0 Å². The number of fused-ring (bicyclic) bond motifs is 1.